The summed E-state index contributed by atoms with van der Waals surface area (Å²) in [5.41, 5.74) is 11.8. The van der Waals surface area contributed by atoms with E-state index in [2.05, 4.69) is 193 Å². The molecule has 0 bridgehead atoms. The first-order chi connectivity index (χ1) is 25.8. The first-order valence-electron chi connectivity index (χ1n) is 17.8. The van der Waals surface area contributed by atoms with Gasteiger partial charge in [0.2, 0.25) is 0 Å². The maximum Gasteiger partial charge on any atom is 0.132 e. The van der Waals surface area contributed by atoms with Crippen LogP contribution in [0.3, 0.4) is 0 Å². The van der Waals surface area contributed by atoms with Crippen LogP contribution in [-0.4, -0.2) is 4.57 Å². The van der Waals surface area contributed by atoms with Crippen molar-refractivity contribution in [3.63, 3.8) is 0 Å². The SMILES string of the molecule is c1ccc(-c2ccc3c(c2)C2(c4ccccc4Oc4cc(-c5ccc6c(c5)c5ccccc5n6-c5ccccc5)ccc42)c2ccccc2O3)cc1. The Labute approximate surface area is 301 Å². The van der Waals surface area contributed by atoms with Crippen LogP contribution in [0, 0.1) is 0 Å². The lowest BCUT2D eigenvalue weighted by molar-refractivity contribution is 0.399. The highest BCUT2D eigenvalue weighted by Crippen LogP contribution is 2.62. The molecule has 0 fully saturated rings. The minimum absolute atomic E-state index is 0.662. The summed E-state index contributed by atoms with van der Waals surface area (Å²) in [4.78, 5) is 0. The second-order valence-corrected chi connectivity index (χ2v) is 13.7. The highest BCUT2D eigenvalue weighted by atomic mass is 16.5. The van der Waals surface area contributed by atoms with Crippen LogP contribution < -0.4 is 9.47 Å². The number of fused-ring (bicyclic) bond motifs is 11. The fourth-order valence-electron chi connectivity index (χ4n) is 8.66. The van der Waals surface area contributed by atoms with Gasteiger partial charge in [-0.25, -0.2) is 0 Å². The summed E-state index contributed by atoms with van der Waals surface area (Å²) >= 11 is 0. The first kappa shape index (κ1) is 28.9. The molecule has 0 N–H and O–H groups in total. The van der Waals surface area contributed by atoms with Crippen molar-refractivity contribution < 1.29 is 9.47 Å². The van der Waals surface area contributed by atoms with Gasteiger partial charge in [-0.15, -0.1) is 0 Å². The van der Waals surface area contributed by atoms with Gasteiger partial charge in [0.1, 0.15) is 23.0 Å². The quantitative estimate of drug-likeness (QED) is 0.187. The highest BCUT2D eigenvalue weighted by molar-refractivity contribution is 6.10. The summed E-state index contributed by atoms with van der Waals surface area (Å²) < 4.78 is 15.9. The van der Waals surface area contributed by atoms with Gasteiger partial charge >= 0.3 is 0 Å². The number of benzene rings is 8. The van der Waals surface area contributed by atoms with Crippen LogP contribution in [0.1, 0.15) is 22.3 Å². The third-order valence-corrected chi connectivity index (χ3v) is 10.9. The molecule has 1 atom stereocenters. The molecule has 244 valence electrons. The summed E-state index contributed by atoms with van der Waals surface area (Å²) in [6.07, 6.45) is 0. The molecular formula is C49H31NO2. The smallest absolute Gasteiger partial charge is 0.132 e. The number of hydrogen-bond donors (Lipinski definition) is 0. The molecule has 3 heterocycles. The number of ether oxygens (including phenoxy) is 2. The number of hydrogen-bond acceptors (Lipinski definition) is 2. The van der Waals surface area contributed by atoms with Gasteiger partial charge in [-0.05, 0) is 82.9 Å². The minimum Gasteiger partial charge on any atom is -0.457 e. The van der Waals surface area contributed by atoms with E-state index >= 15 is 0 Å². The van der Waals surface area contributed by atoms with E-state index < -0.39 is 5.41 Å². The summed E-state index contributed by atoms with van der Waals surface area (Å²) in [5, 5.41) is 2.45. The second-order valence-electron chi connectivity index (χ2n) is 13.7. The summed E-state index contributed by atoms with van der Waals surface area (Å²) in [6.45, 7) is 0. The Hall–Kier alpha value is -6.84. The van der Waals surface area contributed by atoms with E-state index in [9.17, 15) is 0 Å². The molecule has 52 heavy (non-hydrogen) atoms. The molecule has 9 aromatic rings. The number of para-hydroxylation sites is 4. The molecular weight excluding hydrogens is 635 g/mol. The van der Waals surface area contributed by atoms with Crippen LogP contribution in [0.4, 0.5) is 0 Å². The van der Waals surface area contributed by atoms with Crippen molar-refractivity contribution in [3.8, 4) is 50.9 Å². The first-order valence-corrected chi connectivity index (χ1v) is 17.8. The average Bonchev–Trinajstić information content (AvgIpc) is 3.55. The van der Waals surface area contributed by atoms with Crippen molar-refractivity contribution in [2.24, 2.45) is 0 Å². The average molecular weight is 666 g/mol. The second kappa shape index (κ2) is 11.1. The van der Waals surface area contributed by atoms with E-state index in [1.807, 2.05) is 0 Å². The Morgan fingerprint density at radius 1 is 0.327 bits per heavy atom. The maximum atomic E-state index is 6.89. The fraction of sp³-hybridized carbons (Fsp3) is 0.0204. The molecule has 0 radical (unpaired) electrons. The lowest BCUT2D eigenvalue weighted by Crippen LogP contribution is -2.36. The molecule has 3 heteroatoms. The zero-order valence-corrected chi connectivity index (χ0v) is 28.2. The van der Waals surface area contributed by atoms with Gasteiger partial charge in [-0.3, -0.25) is 0 Å². The van der Waals surface area contributed by atoms with E-state index in [-0.39, 0.29) is 0 Å². The van der Waals surface area contributed by atoms with E-state index in [1.165, 1.54) is 27.4 Å². The Balaban J connectivity index is 1.14. The van der Waals surface area contributed by atoms with E-state index in [0.29, 0.717) is 0 Å². The van der Waals surface area contributed by atoms with E-state index in [0.717, 1.165) is 67.6 Å². The number of nitrogens with zero attached hydrogens (tertiary/aromatic N) is 1. The molecule has 0 amide bonds. The predicted molar refractivity (Wildman–Crippen MR) is 210 cm³/mol. The lowest BCUT2D eigenvalue weighted by Gasteiger charge is -2.45. The molecule has 0 aliphatic carbocycles. The molecule has 11 rings (SSSR count). The van der Waals surface area contributed by atoms with Gasteiger partial charge in [0.05, 0.1) is 16.4 Å². The highest BCUT2D eigenvalue weighted by Gasteiger charge is 2.50. The molecule has 1 aromatic heterocycles. The monoisotopic (exact) mass is 665 g/mol. The zero-order chi connectivity index (χ0) is 34.2. The van der Waals surface area contributed by atoms with Crippen LogP contribution in [0.15, 0.2) is 188 Å². The van der Waals surface area contributed by atoms with Gasteiger partial charge in [0.15, 0.2) is 0 Å². The van der Waals surface area contributed by atoms with Gasteiger partial charge in [0.25, 0.3) is 0 Å². The fourth-order valence-corrected chi connectivity index (χ4v) is 8.66. The minimum atomic E-state index is -0.662. The molecule has 8 aromatic carbocycles. The zero-order valence-electron chi connectivity index (χ0n) is 28.2. The van der Waals surface area contributed by atoms with Crippen LogP contribution in [0.25, 0.3) is 49.7 Å². The van der Waals surface area contributed by atoms with Crippen molar-refractivity contribution in [1.82, 2.24) is 4.57 Å². The summed E-state index contributed by atoms with van der Waals surface area (Å²) in [7, 11) is 0. The molecule has 0 saturated heterocycles. The van der Waals surface area contributed by atoms with Gasteiger partial charge in [0, 0.05) is 38.7 Å². The third kappa shape index (κ3) is 4.08. The molecule has 3 nitrogen and oxygen atoms in total. The topological polar surface area (TPSA) is 23.4 Å². The molecule has 0 saturated carbocycles. The predicted octanol–water partition coefficient (Wildman–Crippen LogP) is 12.7. The van der Waals surface area contributed by atoms with Crippen molar-refractivity contribution in [2.45, 2.75) is 5.41 Å². The largest absolute Gasteiger partial charge is 0.457 e. The Bertz CT molecular complexity index is 2840. The molecule has 2 aliphatic heterocycles. The van der Waals surface area contributed by atoms with Crippen molar-refractivity contribution in [1.29, 1.82) is 0 Å². The van der Waals surface area contributed by atoms with E-state index in [4.69, 9.17) is 9.47 Å². The van der Waals surface area contributed by atoms with Crippen molar-refractivity contribution >= 4 is 21.8 Å². The Morgan fingerprint density at radius 3 is 1.65 bits per heavy atom. The van der Waals surface area contributed by atoms with Crippen LogP contribution in [0.5, 0.6) is 23.0 Å². The van der Waals surface area contributed by atoms with Crippen LogP contribution in [-0.2, 0) is 5.41 Å². The normalized spacial score (nSPS) is 15.3. The standard InChI is InChI=1S/C49H31NO2/c1-3-13-32(14-4-1)34-25-28-47-42(30-34)49(39-18-8-11-21-45(39)51-47)40-19-9-12-22-46(40)52-48-31-35(23-26-41(48)49)33-24-27-44-38(29-33)37-17-7-10-20-43(37)50(44)36-15-5-2-6-16-36/h1-31H. The number of aromatic nitrogens is 1. The van der Waals surface area contributed by atoms with Crippen molar-refractivity contribution in [3.05, 3.63) is 210 Å². The van der Waals surface area contributed by atoms with Crippen molar-refractivity contribution in [2.75, 3.05) is 0 Å². The maximum absolute atomic E-state index is 6.89. The Morgan fingerprint density at radius 2 is 0.865 bits per heavy atom. The van der Waals surface area contributed by atoms with E-state index in [1.54, 1.807) is 0 Å². The van der Waals surface area contributed by atoms with Crippen LogP contribution >= 0.6 is 0 Å². The lowest BCUT2D eigenvalue weighted by atomic mass is 9.62. The van der Waals surface area contributed by atoms with Gasteiger partial charge in [-0.2, -0.15) is 0 Å². The van der Waals surface area contributed by atoms with Gasteiger partial charge < -0.3 is 14.0 Å². The molecule has 2 aliphatic rings. The summed E-state index contributed by atoms with van der Waals surface area (Å²) in [5.74, 6) is 3.40. The number of rotatable bonds is 3. The third-order valence-electron chi connectivity index (χ3n) is 10.9. The summed E-state index contributed by atoms with van der Waals surface area (Å²) in [6, 6.07) is 67.0. The Kier molecular flexibility index (Phi) is 6.17. The molecule has 1 spiro atoms. The van der Waals surface area contributed by atoms with Crippen LogP contribution in [0.2, 0.25) is 0 Å². The molecule has 1 unspecified atom stereocenters. The van der Waals surface area contributed by atoms with Gasteiger partial charge in [-0.1, -0.05) is 127 Å².